The van der Waals surface area contributed by atoms with Crippen LogP contribution in [0.3, 0.4) is 0 Å². The SMILES string of the molecule is CCOc1ccc2nc(NC(=O)C3CCCN(c4ccc(-n5cccn5)nn4)C3)sc2c1. The second-order valence-electron chi connectivity index (χ2n) is 7.56. The average molecular weight is 450 g/mol. The van der Waals surface area contributed by atoms with Gasteiger partial charge < -0.3 is 15.0 Å². The molecular weight excluding hydrogens is 426 g/mol. The van der Waals surface area contributed by atoms with Crippen LogP contribution >= 0.6 is 11.3 Å². The van der Waals surface area contributed by atoms with Crippen LogP contribution in [0.15, 0.2) is 48.8 Å². The van der Waals surface area contributed by atoms with Gasteiger partial charge in [0.15, 0.2) is 16.8 Å². The molecule has 1 aliphatic heterocycles. The highest BCUT2D eigenvalue weighted by molar-refractivity contribution is 7.22. The van der Waals surface area contributed by atoms with Gasteiger partial charge in [0, 0.05) is 25.5 Å². The zero-order chi connectivity index (χ0) is 21.9. The van der Waals surface area contributed by atoms with Crippen molar-refractivity contribution in [1.82, 2.24) is 25.0 Å². The van der Waals surface area contributed by atoms with E-state index in [0.29, 0.717) is 24.1 Å². The normalized spacial score (nSPS) is 16.3. The van der Waals surface area contributed by atoms with Gasteiger partial charge in [0.05, 0.1) is 22.7 Å². The maximum absolute atomic E-state index is 13.0. The fraction of sp³-hybridized carbons (Fsp3) is 0.318. The molecule has 164 valence electrons. The number of fused-ring (bicyclic) bond motifs is 1. The second-order valence-corrected chi connectivity index (χ2v) is 8.59. The van der Waals surface area contributed by atoms with Crippen LogP contribution in [-0.2, 0) is 4.79 Å². The van der Waals surface area contributed by atoms with Crippen molar-refractivity contribution in [2.45, 2.75) is 19.8 Å². The number of ether oxygens (including phenoxy) is 1. The number of hydrogen-bond donors (Lipinski definition) is 1. The summed E-state index contributed by atoms with van der Waals surface area (Å²) in [6, 6.07) is 11.4. The molecule has 0 spiro atoms. The molecule has 32 heavy (non-hydrogen) atoms. The standard InChI is InChI=1S/C22H23N7O2S/c1-2-31-16-6-7-17-18(13-16)32-22(24-17)25-21(30)15-5-3-11-28(14-15)19-8-9-20(27-26-19)29-12-4-10-23-29/h4,6-10,12-13,15H,2-3,5,11,14H2,1H3,(H,24,25,30). The molecule has 0 bridgehead atoms. The van der Waals surface area contributed by atoms with E-state index in [4.69, 9.17) is 4.74 Å². The monoisotopic (exact) mass is 449 g/mol. The maximum Gasteiger partial charge on any atom is 0.231 e. The molecule has 0 radical (unpaired) electrons. The van der Waals surface area contributed by atoms with Gasteiger partial charge in [0.1, 0.15) is 5.75 Å². The first-order valence-corrected chi connectivity index (χ1v) is 11.4. The summed E-state index contributed by atoms with van der Waals surface area (Å²) in [6.07, 6.45) is 5.27. The number of amides is 1. The minimum Gasteiger partial charge on any atom is -0.494 e. The first kappa shape index (κ1) is 20.4. The van der Waals surface area contributed by atoms with Gasteiger partial charge in [-0.25, -0.2) is 9.67 Å². The summed E-state index contributed by atoms with van der Waals surface area (Å²) in [5.74, 6) is 2.08. The lowest BCUT2D eigenvalue weighted by molar-refractivity contribution is -0.120. The van der Waals surface area contributed by atoms with E-state index in [9.17, 15) is 4.79 Å². The Morgan fingerprint density at radius 3 is 2.91 bits per heavy atom. The predicted molar refractivity (Wildman–Crippen MR) is 124 cm³/mol. The van der Waals surface area contributed by atoms with Crippen molar-refractivity contribution < 1.29 is 9.53 Å². The lowest BCUT2D eigenvalue weighted by Gasteiger charge is -2.32. The number of carbonyl (C=O) groups excluding carboxylic acids is 1. The Kier molecular flexibility index (Phi) is 5.68. The zero-order valence-corrected chi connectivity index (χ0v) is 18.5. The second kappa shape index (κ2) is 8.91. The Morgan fingerprint density at radius 2 is 2.12 bits per heavy atom. The quantitative estimate of drug-likeness (QED) is 0.481. The number of hydrogen-bond acceptors (Lipinski definition) is 8. The van der Waals surface area contributed by atoms with Gasteiger partial charge in [0.2, 0.25) is 5.91 Å². The van der Waals surface area contributed by atoms with Crippen molar-refractivity contribution in [2.24, 2.45) is 5.92 Å². The summed E-state index contributed by atoms with van der Waals surface area (Å²) in [5.41, 5.74) is 0.853. The van der Waals surface area contributed by atoms with Crippen LogP contribution in [-0.4, -0.2) is 50.6 Å². The Bertz CT molecular complexity index is 1210. The first-order valence-electron chi connectivity index (χ1n) is 10.6. The molecule has 1 N–H and O–H groups in total. The predicted octanol–water partition coefficient (Wildman–Crippen LogP) is 3.53. The molecule has 1 fully saturated rings. The van der Waals surface area contributed by atoms with E-state index in [2.05, 4.69) is 30.5 Å². The molecule has 3 aromatic heterocycles. The Morgan fingerprint density at radius 1 is 1.25 bits per heavy atom. The van der Waals surface area contributed by atoms with E-state index in [1.165, 1.54) is 11.3 Å². The molecule has 0 aliphatic carbocycles. The number of anilines is 2. The molecule has 1 atom stereocenters. The molecule has 1 aromatic carbocycles. The van der Waals surface area contributed by atoms with Crippen molar-refractivity contribution in [3.05, 3.63) is 48.8 Å². The molecule has 10 heteroatoms. The first-order chi connectivity index (χ1) is 15.7. The number of benzene rings is 1. The fourth-order valence-electron chi connectivity index (χ4n) is 3.83. The van der Waals surface area contributed by atoms with Crippen LogP contribution in [0.5, 0.6) is 5.75 Å². The van der Waals surface area contributed by atoms with E-state index in [-0.39, 0.29) is 11.8 Å². The minimum absolute atomic E-state index is 0.0140. The molecule has 4 aromatic rings. The number of aromatic nitrogens is 5. The van der Waals surface area contributed by atoms with Crippen molar-refractivity contribution in [3.63, 3.8) is 0 Å². The molecule has 1 saturated heterocycles. The highest BCUT2D eigenvalue weighted by Gasteiger charge is 2.27. The highest BCUT2D eigenvalue weighted by atomic mass is 32.1. The largest absolute Gasteiger partial charge is 0.494 e. The van der Waals surface area contributed by atoms with Gasteiger partial charge in [-0.15, -0.1) is 10.2 Å². The van der Waals surface area contributed by atoms with Gasteiger partial charge >= 0.3 is 0 Å². The lowest BCUT2D eigenvalue weighted by Crippen LogP contribution is -2.41. The molecule has 1 amide bonds. The van der Waals surface area contributed by atoms with E-state index >= 15 is 0 Å². The number of carbonyl (C=O) groups is 1. The fourth-order valence-corrected chi connectivity index (χ4v) is 4.73. The van der Waals surface area contributed by atoms with Crippen molar-refractivity contribution in [1.29, 1.82) is 0 Å². The Balaban J connectivity index is 1.25. The summed E-state index contributed by atoms with van der Waals surface area (Å²) < 4.78 is 8.21. The average Bonchev–Trinajstić information content (AvgIpc) is 3.49. The summed E-state index contributed by atoms with van der Waals surface area (Å²) in [6.45, 7) is 4.01. The van der Waals surface area contributed by atoms with Crippen molar-refractivity contribution in [2.75, 3.05) is 29.9 Å². The van der Waals surface area contributed by atoms with Crippen LogP contribution < -0.4 is 15.0 Å². The van der Waals surface area contributed by atoms with Crippen LogP contribution in [0.25, 0.3) is 16.0 Å². The van der Waals surface area contributed by atoms with Gasteiger partial charge in [-0.2, -0.15) is 5.10 Å². The van der Waals surface area contributed by atoms with E-state index in [1.54, 1.807) is 10.9 Å². The number of piperidine rings is 1. The summed E-state index contributed by atoms with van der Waals surface area (Å²) in [7, 11) is 0. The molecule has 4 heterocycles. The number of thiazole rings is 1. The third kappa shape index (κ3) is 4.26. The van der Waals surface area contributed by atoms with Crippen LogP contribution in [0.2, 0.25) is 0 Å². The topological polar surface area (TPSA) is 98.1 Å². The number of nitrogens with one attached hydrogen (secondary N) is 1. The third-order valence-electron chi connectivity index (χ3n) is 5.39. The van der Waals surface area contributed by atoms with E-state index < -0.39 is 0 Å². The summed E-state index contributed by atoms with van der Waals surface area (Å²) in [4.78, 5) is 19.6. The van der Waals surface area contributed by atoms with Gasteiger partial charge in [-0.05, 0) is 56.2 Å². The molecule has 0 saturated carbocycles. The summed E-state index contributed by atoms with van der Waals surface area (Å²) in [5, 5.41) is 16.4. The molecule has 9 nitrogen and oxygen atoms in total. The summed E-state index contributed by atoms with van der Waals surface area (Å²) >= 11 is 1.46. The lowest BCUT2D eigenvalue weighted by atomic mass is 9.97. The van der Waals surface area contributed by atoms with E-state index in [0.717, 1.165) is 41.2 Å². The molecule has 5 rings (SSSR count). The van der Waals surface area contributed by atoms with Gasteiger partial charge in [0.25, 0.3) is 0 Å². The van der Waals surface area contributed by atoms with E-state index in [1.807, 2.05) is 49.5 Å². The minimum atomic E-state index is -0.137. The Labute approximate surface area is 189 Å². The van der Waals surface area contributed by atoms with Crippen LogP contribution in [0, 0.1) is 5.92 Å². The van der Waals surface area contributed by atoms with Crippen molar-refractivity contribution >= 4 is 38.4 Å². The molecular formula is C22H23N7O2S. The zero-order valence-electron chi connectivity index (χ0n) is 17.6. The smallest absolute Gasteiger partial charge is 0.231 e. The van der Waals surface area contributed by atoms with Gasteiger partial charge in [-0.1, -0.05) is 11.3 Å². The molecule has 1 aliphatic rings. The Hall–Kier alpha value is -3.53. The number of rotatable bonds is 6. The highest BCUT2D eigenvalue weighted by Crippen LogP contribution is 2.30. The van der Waals surface area contributed by atoms with Crippen molar-refractivity contribution in [3.8, 4) is 11.6 Å². The molecule has 1 unspecified atom stereocenters. The maximum atomic E-state index is 13.0. The third-order valence-corrected chi connectivity index (χ3v) is 6.33. The van der Waals surface area contributed by atoms with Crippen LogP contribution in [0.4, 0.5) is 10.9 Å². The van der Waals surface area contributed by atoms with Gasteiger partial charge in [-0.3, -0.25) is 4.79 Å². The van der Waals surface area contributed by atoms with Crippen LogP contribution in [0.1, 0.15) is 19.8 Å². The number of nitrogens with zero attached hydrogens (tertiary/aromatic N) is 6.